The Morgan fingerprint density at radius 3 is 2.76 bits per heavy atom. The molecule has 0 radical (unpaired) electrons. The second kappa shape index (κ2) is 8.82. The van der Waals surface area contributed by atoms with E-state index in [-0.39, 0.29) is 18.0 Å². The van der Waals surface area contributed by atoms with Gasteiger partial charge < -0.3 is 14.6 Å². The van der Waals surface area contributed by atoms with Gasteiger partial charge >= 0.3 is 5.97 Å². The van der Waals surface area contributed by atoms with Gasteiger partial charge in [-0.15, -0.1) is 0 Å². The van der Waals surface area contributed by atoms with Gasteiger partial charge in [-0.1, -0.05) is 25.5 Å². The molecule has 2 rings (SSSR count). The van der Waals surface area contributed by atoms with Crippen molar-refractivity contribution >= 4 is 17.6 Å². The Balaban J connectivity index is 2.01. The number of esters is 1. The van der Waals surface area contributed by atoms with Gasteiger partial charge in [0, 0.05) is 17.4 Å². The number of carbonyl (C=O) groups is 2. The molecule has 0 saturated heterocycles. The third-order valence-electron chi connectivity index (χ3n) is 3.64. The molecule has 0 unspecified atom stereocenters. The van der Waals surface area contributed by atoms with E-state index < -0.39 is 5.97 Å². The molecule has 0 saturated carbocycles. The van der Waals surface area contributed by atoms with E-state index >= 15 is 0 Å². The van der Waals surface area contributed by atoms with Crippen LogP contribution in [0.15, 0.2) is 47.4 Å². The minimum absolute atomic E-state index is 0.0916. The van der Waals surface area contributed by atoms with Crippen LogP contribution in [-0.4, -0.2) is 23.1 Å². The SMILES string of the molecule is CCCCOC(=O)c1cccc(NC(=O)Cn2cccc(C)c2=O)c1. The molecule has 0 atom stereocenters. The fraction of sp³-hybridized carbons (Fsp3) is 0.316. The molecule has 1 aromatic carbocycles. The number of benzene rings is 1. The Bertz CT molecular complexity index is 811. The molecule has 0 aliphatic rings. The number of anilines is 1. The summed E-state index contributed by atoms with van der Waals surface area (Å²) in [7, 11) is 0. The van der Waals surface area contributed by atoms with Crippen molar-refractivity contribution in [2.75, 3.05) is 11.9 Å². The topological polar surface area (TPSA) is 77.4 Å². The number of hydrogen-bond acceptors (Lipinski definition) is 4. The molecule has 25 heavy (non-hydrogen) atoms. The summed E-state index contributed by atoms with van der Waals surface area (Å²) in [4.78, 5) is 36.0. The van der Waals surface area contributed by atoms with E-state index in [1.165, 1.54) is 4.57 Å². The van der Waals surface area contributed by atoms with Crippen molar-refractivity contribution in [1.29, 1.82) is 0 Å². The lowest BCUT2D eigenvalue weighted by Crippen LogP contribution is -2.28. The van der Waals surface area contributed by atoms with Gasteiger partial charge in [-0.2, -0.15) is 0 Å². The molecular formula is C19H22N2O4. The number of unbranched alkanes of at least 4 members (excludes halogenated alkanes) is 1. The highest BCUT2D eigenvalue weighted by atomic mass is 16.5. The van der Waals surface area contributed by atoms with Gasteiger partial charge in [-0.3, -0.25) is 9.59 Å². The first-order chi connectivity index (χ1) is 12.0. The van der Waals surface area contributed by atoms with E-state index in [0.717, 1.165) is 12.8 Å². The zero-order chi connectivity index (χ0) is 18.2. The average Bonchev–Trinajstić information content (AvgIpc) is 2.59. The first kappa shape index (κ1) is 18.4. The standard InChI is InChI=1S/C19H22N2O4/c1-3-4-11-25-19(24)15-8-5-9-16(12-15)20-17(22)13-21-10-6-7-14(2)18(21)23/h5-10,12H,3-4,11,13H2,1-2H3,(H,20,22). The molecule has 0 aliphatic heterocycles. The van der Waals surface area contributed by atoms with E-state index in [2.05, 4.69) is 5.32 Å². The smallest absolute Gasteiger partial charge is 0.338 e. The van der Waals surface area contributed by atoms with Crippen LogP contribution in [0.4, 0.5) is 5.69 Å². The first-order valence-electron chi connectivity index (χ1n) is 8.24. The second-order valence-electron chi connectivity index (χ2n) is 5.74. The summed E-state index contributed by atoms with van der Waals surface area (Å²) >= 11 is 0. The fourth-order valence-electron chi connectivity index (χ4n) is 2.25. The number of nitrogens with one attached hydrogen (secondary N) is 1. The summed E-state index contributed by atoms with van der Waals surface area (Å²) in [5.74, 6) is -0.761. The zero-order valence-corrected chi connectivity index (χ0v) is 14.5. The number of pyridine rings is 1. The molecule has 132 valence electrons. The van der Waals surface area contributed by atoms with Gasteiger partial charge in [0.05, 0.1) is 12.2 Å². The van der Waals surface area contributed by atoms with E-state index in [4.69, 9.17) is 4.74 Å². The van der Waals surface area contributed by atoms with Crippen LogP contribution < -0.4 is 10.9 Å². The van der Waals surface area contributed by atoms with E-state index in [1.54, 1.807) is 49.5 Å². The van der Waals surface area contributed by atoms with Crippen LogP contribution in [0.5, 0.6) is 0 Å². The lowest BCUT2D eigenvalue weighted by atomic mass is 10.2. The average molecular weight is 342 g/mol. The van der Waals surface area contributed by atoms with Crippen LogP contribution in [0.25, 0.3) is 0 Å². The second-order valence-corrected chi connectivity index (χ2v) is 5.74. The highest BCUT2D eigenvalue weighted by Gasteiger charge is 2.10. The molecule has 1 heterocycles. The summed E-state index contributed by atoms with van der Waals surface area (Å²) in [5.41, 5.74) is 1.23. The Kier molecular flexibility index (Phi) is 6.51. The first-order valence-corrected chi connectivity index (χ1v) is 8.24. The minimum Gasteiger partial charge on any atom is -0.462 e. The predicted octanol–water partition coefficient (Wildman–Crippen LogP) is 2.75. The zero-order valence-electron chi connectivity index (χ0n) is 14.5. The Morgan fingerprint density at radius 2 is 2.00 bits per heavy atom. The van der Waals surface area contributed by atoms with Crippen molar-refractivity contribution in [3.8, 4) is 0 Å². The van der Waals surface area contributed by atoms with Crippen LogP contribution in [-0.2, 0) is 16.1 Å². The number of aryl methyl sites for hydroxylation is 1. The minimum atomic E-state index is -0.417. The van der Waals surface area contributed by atoms with E-state index in [0.29, 0.717) is 23.4 Å². The maximum atomic E-state index is 12.2. The largest absolute Gasteiger partial charge is 0.462 e. The van der Waals surface area contributed by atoms with Gasteiger partial charge in [-0.05, 0) is 37.6 Å². The predicted molar refractivity (Wildman–Crippen MR) is 95.7 cm³/mol. The van der Waals surface area contributed by atoms with Crippen molar-refractivity contribution in [3.63, 3.8) is 0 Å². The highest BCUT2D eigenvalue weighted by molar-refractivity contribution is 5.94. The third kappa shape index (κ3) is 5.31. The van der Waals surface area contributed by atoms with Gasteiger partial charge in [0.1, 0.15) is 6.54 Å². The number of ether oxygens (including phenoxy) is 1. The van der Waals surface area contributed by atoms with Crippen molar-refractivity contribution in [3.05, 3.63) is 64.1 Å². The van der Waals surface area contributed by atoms with Gasteiger partial charge in [0.2, 0.25) is 5.91 Å². The Hall–Kier alpha value is -2.89. The molecule has 1 N–H and O–H groups in total. The fourth-order valence-corrected chi connectivity index (χ4v) is 2.25. The van der Waals surface area contributed by atoms with Crippen molar-refractivity contribution in [1.82, 2.24) is 4.57 Å². The lowest BCUT2D eigenvalue weighted by Gasteiger charge is -2.09. The number of amides is 1. The lowest BCUT2D eigenvalue weighted by molar-refractivity contribution is -0.116. The van der Waals surface area contributed by atoms with Gasteiger partial charge in [-0.25, -0.2) is 4.79 Å². The highest BCUT2D eigenvalue weighted by Crippen LogP contribution is 2.12. The van der Waals surface area contributed by atoms with Crippen LogP contribution in [0, 0.1) is 6.92 Å². The monoisotopic (exact) mass is 342 g/mol. The maximum absolute atomic E-state index is 12.2. The molecule has 1 amide bonds. The Morgan fingerprint density at radius 1 is 1.20 bits per heavy atom. The summed E-state index contributed by atoms with van der Waals surface area (Å²) < 4.78 is 6.50. The molecule has 2 aromatic rings. The number of carbonyl (C=O) groups excluding carboxylic acids is 2. The van der Waals surface area contributed by atoms with Crippen LogP contribution in [0.3, 0.4) is 0 Å². The molecule has 0 spiro atoms. The quantitative estimate of drug-likeness (QED) is 0.620. The van der Waals surface area contributed by atoms with Crippen molar-refractivity contribution < 1.29 is 14.3 Å². The summed E-state index contributed by atoms with van der Waals surface area (Å²) in [5, 5.41) is 2.69. The molecule has 1 aromatic heterocycles. The summed E-state index contributed by atoms with van der Waals surface area (Å²) in [6.45, 7) is 4.00. The van der Waals surface area contributed by atoms with Gasteiger partial charge in [0.15, 0.2) is 0 Å². The van der Waals surface area contributed by atoms with Crippen LogP contribution in [0.1, 0.15) is 35.7 Å². The van der Waals surface area contributed by atoms with Gasteiger partial charge in [0.25, 0.3) is 5.56 Å². The molecule has 0 bridgehead atoms. The summed E-state index contributed by atoms with van der Waals surface area (Å²) in [6.07, 6.45) is 3.32. The van der Waals surface area contributed by atoms with E-state index in [9.17, 15) is 14.4 Å². The van der Waals surface area contributed by atoms with Crippen LogP contribution in [0.2, 0.25) is 0 Å². The number of rotatable bonds is 7. The molecule has 0 aliphatic carbocycles. The summed E-state index contributed by atoms with van der Waals surface area (Å²) in [6, 6.07) is 9.96. The van der Waals surface area contributed by atoms with E-state index in [1.807, 2.05) is 6.92 Å². The molecule has 0 fully saturated rings. The Labute approximate surface area is 146 Å². The maximum Gasteiger partial charge on any atom is 0.338 e. The van der Waals surface area contributed by atoms with Crippen molar-refractivity contribution in [2.24, 2.45) is 0 Å². The molecule has 6 heteroatoms. The van der Waals surface area contributed by atoms with Crippen LogP contribution >= 0.6 is 0 Å². The molecule has 6 nitrogen and oxygen atoms in total. The van der Waals surface area contributed by atoms with Crippen molar-refractivity contribution in [2.45, 2.75) is 33.2 Å². The normalized spacial score (nSPS) is 10.3. The number of aromatic nitrogens is 1. The third-order valence-corrected chi connectivity index (χ3v) is 3.64. The number of hydrogen-bond donors (Lipinski definition) is 1. The number of nitrogens with zero attached hydrogens (tertiary/aromatic N) is 1. The molecular weight excluding hydrogens is 320 g/mol.